The summed E-state index contributed by atoms with van der Waals surface area (Å²) >= 11 is 0. The van der Waals surface area contributed by atoms with Gasteiger partial charge in [-0.1, -0.05) is 71.3 Å². The first-order valence-electron chi connectivity index (χ1n) is 6.64. The molecule has 0 aromatic rings. The third-order valence-electron chi connectivity index (χ3n) is 2.73. The summed E-state index contributed by atoms with van der Waals surface area (Å²) in [5.74, 6) is 0. The quantitative estimate of drug-likeness (QED) is 0.324. The van der Waals surface area contributed by atoms with Crippen LogP contribution in [-0.2, 0) is 4.74 Å². The molecule has 0 spiro atoms. The molecule has 0 aliphatic heterocycles. The van der Waals surface area contributed by atoms with Crippen molar-refractivity contribution in [2.24, 2.45) is 0 Å². The van der Waals surface area contributed by atoms with Crippen molar-refractivity contribution in [3.8, 4) is 0 Å². The van der Waals surface area contributed by atoms with Crippen molar-refractivity contribution in [1.29, 1.82) is 0 Å². The predicted molar refractivity (Wildman–Crippen MR) is 68.0 cm³/mol. The second-order valence-electron chi connectivity index (χ2n) is 4.22. The van der Waals surface area contributed by atoms with E-state index in [-0.39, 0.29) is 0 Å². The monoisotopic (exact) mass is 212 g/mol. The van der Waals surface area contributed by atoms with Gasteiger partial charge in [0.1, 0.15) is 0 Å². The maximum Gasteiger partial charge on any atom is 0.0873 e. The molecule has 0 saturated carbocycles. The van der Waals surface area contributed by atoms with Crippen molar-refractivity contribution in [1.82, 2.24) is 0 Å². The summed E-state index contributed by atoms with van der Waals surface area (Å²) in [4.78, 5) is 0. The van der Waals surface area contributed by atoms with Gasteiger partial charge in [-0.15, -0.1) is 0 Å². The highest BCUT2D eigenvalue weighted by molar-refractivity contribution is 4.50. The third kappa shape index (κ3) is 13.5. The van der Waals surface area contributed by atoms with E-state index in [2.05, 4.69) is 13.5 Å². The molecule has 0 fully saturated rings. The van der Waals surface area contributed by atoms with Crippen LogP contribution in [0.15, 0.2) is 12.8 Å². The number of hydrogen-bond acceptors (Lipinski definition) is 1. The zero-order valence-corrected chi connectivity index (χ0v) is 10.5. The van der Waals surface area contributed by atoms with Crippen LogP contribution >= 0.6 is 0 Å². The Morgan fingerprint density at radius 3 is 1.73 bits per heavy atom. The van der Waals surface area contributed by atoms with Crippen LogP contribution in [-0.4, -0.2) is 6.61 Å². The van der Waals surface area contributed by atoms with Crippen molar-refractivity contribution in [3.05, 3.63) is 12.8 Å². The average molecular weight is 212 g/mol. The number of unbranched alkanes of at least 4 members (excludes halogenated alkanes) is 9. The van der Waals surface area contributed by atoms with Crippen molar-refractivity contribution >= 4 is 0 Å². The Labute approximate surface area is 95.9 Å². The maximum atomic E-state index is 5.07. The Kier molecular flexibility index (Phi) is 13.1. The van der Waals surface area contributed by atoms with E-state index in [1.165, 1.54) is 70.5 Å². The van der Waals surface area contributed by atoms with Gasteiger partial charge in [0, 0.05) is 0 Å². The largest absolute Gasteiger partial charge is 0.502 e. The van der Waals surface area contributed by atoms with E-state index in [1.54, 1.807) is 0 Å². The molecule has 0 unspecified atom stereocenters. The normalized spacial score (nSPS) is 10.2. The second-order valence-corrected chi connectivity index (χ2v) is 4.22. The standard InChI is InChI=1S/C14H28O/c1-3-5-6-7-8-9-10-11-12-13-14-15-4-2/h4H,2-3,5-14H2,1H3. The molecule has 1 nitrogen and oxygen atoms in total. The van der Waals surface area contributed by atoms with Crippen LogP contribution < -0.4 is 0 Å². The molecule has 0 saturated heterocycles. The van der Waals surface area contributed by atoms with E-state index in [0.29, 0.717) is 0 Å². The van der Waals surface area contributed by atoms with E-state index in [0.717, 1.165) is 6.61 Å². The van der Waals surface area contributed by atoms with Gasteiger partial charge in [-0.05, 0) is 6.42 Å². The van der Waals surface area contributed by atoms with Crippen LogP contribution in [0.2, 0.25) is 0 Å². The first-order valence-corrected chi connectivity index (χ1v) is 6.64. The van der Waals surface area contributed by atoms with Gasteiger partial charge in [-0.3, -0.25) is 0 Å². The van der Waals surface area contributed by atoms with Gasteiger partial charge in [0.25, 0.3) is 0 Å². The summed E-state index contributed by atoms with van der Waals surface area (Å²) in [6.45, 7) is 6.64. The highest BCUT2D eigenvalue weighted by Crippen LogP contribution is 2.10. The van der Waals surface area contributed by atoms with E-state index < -0.39 is 0 Å². The lowest BCUT2D eigenvalue weighted by molar-refractivity contribution is 0.241. The smallest absolute Gasteiger partial charge is 0.0873 e. The van der Waals surface area contributed by atoms with Gasteiger partial charge >= 0.3 is 0 Å². The molecule has 0 radical (unpaired) electrons. The van der Waals surface area contributed by atoms with Crippen LogP contribution in [0.25, 0.3) is 0 Å². The molecule has 0 amide bonds. The topological polar surface area (TPSA) is 9.23 Å². The lowest BCUT2D eigenvalue weighted by Crippen LogP contribution is -1.87. The van der Waals surface area contributed by atoms with Gasteiger partial charge in [-0.25, -0.2) is 0 Å². The van der Waals surface area contributed by atoms with E-state index in [9.17, 15) is 0 Å². The summed E-state index contributed by atoms with van der Waals surface area (Å²) in [7, 11) is 0. The van der Waals surface area contributed by atoms with E-state index in [4.69, 9.17) is 4.74 Å². The molecule has 0 heterocycles. The Morgan fingerprint density at radius 1 is 0.800 bits per heavy atom. The molecule has 0 aliphatic rings. The van der Waals surface area contributed by atoms with Crippen molar-refractivity contribution < 1.29 is 4.74 Å². The van der Waals surface area contributed by atoms with Gasteiger partial charge in [0.05, 0.1) is 12.9 Å². The first-order chi connectivity index (χ1) is 7.41. The summed E-state index contributed by atoms with van der Waals surface area (Å²) in [6, 6.07) is 0. The molecule has 0 aromatic carbocycles. The second kappa shape index (κ2) is 13.5. The Morgan fingerprint density at radius 2 is 1.27 bits per heavy atom. The van der Waals surface area contributed by atoms with Crippen molar-refractivity contribution in [2.45, 2.75) is 71.1 Å². The number of ether oxygens (including phenoxy) is 1. The fourth-order valence-corrected chi connectivity index (χ4v) is 1.76. The zero-order valence-electron chi connectivity index (χ0n) is 10.5. The first kappa shape index (κ1) is 14.5. The highest BCUT2D eigenvalue weighted by atomic mass is 16.5. The van der Waals surface area contributed by atoms with Gasteiger partial charge < -0.3 is 4.74 Å². The SMILES string of the molecule is C=COCCCCCCCCCCCC. The van der Waals surface area contributed by atoms with Crippen LogP contribution in [0.4, 0.5) is 0 Å². The molecule has 0 aromatic heterocycles. The fraction of sp³-hybridized carbons (Fsp3) is 0.857. The van der Waals surface area contributed by atoms with Crippen LogP contribution in [0, 0.1) is 0 Å². The number of rotatable bonds is 12. The minimum absolute atomic E-state index is 0.847. The molecule has 0 atom stereocenters. The fourth-order valence-electron chi connectivity index (χ4n) is 1.76. The van der Waals surface area contributed by atoms with Crippen LogP contribution in [0.1, 0.15) is 71.1 Å². The molecule has 0 N–H and O–H groups in total. The van der Waals surface area contributed by atoms with Crippen LogP contribution in [0.3, 0.4) is 0 Å². The molecule has 0 rings (SSSR count). The van der Waals surface area contributed by atoms with Gasteiger partial charge in [0.2, 0.25) is 0 Å². The summed E-state index contributed by atoms with van der Waals surface area (Å²) in [5.41, 5.74) is 0. The summed E-state index contributed by atoms with van der Waals surface area (Å²) < 4.78 is 5.07. The maximum absolute atomic E-state index is 5.07. The van der Waals surface area contributed by atoms with Crippen molar-refractivity contribution in [2.75, 3.05) is 6.61 Å². The molecule has 1 heteroatoms. The van der Waals surface area contributed by atoms with E-state index >= 15 is 0 Å². The molecule has 90 valence electrons. The molecule has 0 bridgehead atoms. The minimum atomic E-state index is 0.847. The highest BCUT2D eigenvalue weighted by Gasteiger charge is 1.92. The molecule has 15 heavy (non-hydrogen) atoms. The minimum Gasteiger partial charge on any atom is -0.502 e. The van der Waals surface area contributed by atoms with Gasteiger partial charge in [0.15, 0.2) is 0 Å². The van der Waals surface area contributed by atoms with E-state index in [1.807, 2.05) is 0 Å². The average Bonchev–Trinajstić information content (AvgIpc) is 2.26. The third-order valence-corrected chi connectivity index (χ3v) is 2.73. The Balaban J connectivity index is 2.83. The predicted octanol–water partition coefficient (Wildman–Crippen LogP) is 5.07. The lowest BCUT2D eigenvalue weighted by Gasteiger charge is -2.02. The molecular formula is C14H28O. The van der Waals surface area contributed by atoms with Crippen LogP contribution in [0.5, 0.6) is 0 Å². The van der Waals surface area contributed by atoms with Crippen molar-refractivity contribution in [3.63, 3.8) is 0 Å². The zero-order chi connectivity index (χ0) is 11.2. The Bertz CT molecular complexity index is 121. The lowest BCUT2D eigenvalue weighted by atomic mass is 10.1. The molecule has 0 aliphatic carbocycles. The molecular weight excluding hydrogens is 184 g/mol. The Hall–Kier alpha value is -0.460. The number of hydrogen-bond donors (Lipinski definition) is 0. The summed E-state index contributed by atoms with van der Waals surface area (Å²) in [6.07, 6.45) is 15.3. The van der Waals surface area contributed by atoms with Gasteiger partial charge in [-0.2, -0.15) is 0 Å². The summed E-state index contributed by atoms with van der Waals surface area (Å²) in [5, 5.41) is 0.